The number of rotatable bonds is 2. The predicted octanol–water partition coefficient (Wildman–Crippen LogP) is 2.92. The third-order valence-corrected chi connectivity index (χ3v) is 3.65. The van der Waals surface area contributed by atoms with Crippen molar-refractivity contribution in [2.45, 2.75) is 0 Å². The number of fused-ring (bicyclic) bond motifs is 1. The first-order chi connectivity index (χ1) is 10.6. The molecular weight excluding hydrogens is 348 g/mol. The zero-order valence-corrected chi connectivity index (χ0v) is 13.2. The van der Waals surface area contributed by atoms with Crippen LogP contribution in [0.15, 0.2) is 57.8 Å². The number of hydrogen-bond donors (Lipinski definition) is 0. The second-order valence-electron chi connectivity index (χ2n) is 4.67. The van der Waals surface area contributed by atoms with E-state index in [4.69, 9.17) is 4.74 Å². The number of aryl methyl sites for hydroxylation is 1. The van der Waals surface area contributed by atoms with Crippen LogP contribution < -0.4 is 10.3 Å². The van der Waals surface area contributed by atoms with E-state index in [9.17, 15) is 9.59 Å². The molecule has 0 atom stereocenters. The van der Waals surface area contributed by atoms with Crippen molar-refractivity contribution in [3.05, 3.63) is 69.1 Å². The number of aromatic nitrogens is 2. The van der Waals surface area contributed by atoms with Gasteiger partial charge in [-0.3, -0.25) is 4.79 Å². The number of esters is 1. The molecule has 0 fully saturated rings. The molecular formula is C16H11BrN2O3. The van der Waals surface area contributed by atoms with E-state index in [1.807, 2.05) is 6.07 Å². The second kappa shape index (κ2) is 5.73. The first-order valence-corrected chi connectivity index (χ1v) is 7.29. The minimum absolute atomic E-state index is 0.109. The molecule has 2 aromatic carbocycles. The molecule has 0 aliphatic carbocycles. The van der Waals surface area contributed by atoms with Gasteiger partial charge in [0.2, 0.25) is 0 Å². The lowest BCUT2D eigenvalue weighted by molar-refractivity contribution is 0.0728. The van der Waals surface area contributed by atoms with E-state index in [-0.39, 0.29) is 11.3 Å². The SMILES string of the molecule is Cn1nc(C(=O)Oc2cccc(Br)c2)c2ccccc2c1=O. The highest BCUT2D eigenvalue weighted by molar-refractivity contribution is 9.10. The van der Waals surface area contributed by atoms with Gasteiger partial charge in [0.25, 0.3) is 5.56 Å². The Balaban J connectivity index is 2.08. The molecule has 0 aliphatic rings. The van der Waals surface area contributed by atoms with Gasteiger partial charge in [-0.2, -0.15) is 5.10 Å². The molecule has 0 unspecified atom stereocenters. The zero-order chi connectivity index (χ0) is 15.7. The van der Waals surface area contributed by atoms with Gasteiger partial charge >= 0.3 is 5.97 Å². The van der Waals surface area contributed by atoms with Crippen LogP contribution in [0.3, 0.4) is 0 Å². The molecule has 0 saturated carbocycles. The average Bonchev–Trinajstić information content (AvgIpc) is 2.51. The van der Waals surface area contributed by atoms with Gasteiger partial charge in [0, 0.05) is 16.9 Å². The molecule has 0 amide bonds. The first-order valence-electron chi connectivity index (χ1n) is 6.50. The summed E-state index contributed by atoms with van der Waals surface area (Å²) in [5.41, 5.74) is -0.146. The Hall–Kier alpha value is -2.47. The summed E-state index contributed by atoms with van der Waals surface area (Å²) < 4.78 is 7.28. The maximum Gasteiger partial charge on any atom is 0.364 e. The number of ether oxygens (including phenoxy) is 1. The summed E-state index contributed by atoms with van der Waals surface area (Å²) in [7, 11) is 1.50. The Morgan fingerprint density at radius 3 is 2.59 bits per heavy atom. The van der Waals surface area contributed by atoms with Crippen molar-refractivity contribution in [3.63, 3.8) is 0 Å². The zero-order valence-electron chi connectivity index (χ0n) is 11.6. The lowest BCUT2D eigenvalue weighted by Crippen LogP contribution is -2.24. The summed E-state index contributed by atoms with van der Waals surface area (Å²) >= 11 is 3.32. The van der Waals surface area contributed by atoms with E-state index >= 15 is 0 Å². The van der Waals surface area contributed by atoms with Crippen molar-refractivity contribution >= 4 is 32.7 Å². The van der Waals surface area contributed by atoms with Crippen LogP contribution in [-0.4, -0.2) is 15.7 Å². The van der Waals surface area contributed by atoms with E-state index in [2.05, 4.69) is 21.0 Å². The van der Waals surface area contributed by atoms with Crippen molar-refractivity contribution < 1.29 is 9.53 Å². The van der Waals surface area contributed by atoms with Crippen LogP contribution in [0.2, 0.25) is 0 Å². The van der Waals surface area contributed by atoms with Crippen LogP contribution in [0, 0.1) is 0 Å². The molecule has 22 heavy (non-hydrogen) atoms. The summed E-state index contributed by atoms with van der Waals surface area (Å²) in [6.07, 6.45) is 0. The van der Waals surface area contributed by atoms with Gasteiger partial charge in [-0.25, -0.2) is 9.48 Å². The van der Waals surface area contributed by atoms with Crippen LogP contribution in [-0.2, 0) is 7.05 Å². The quantitative estimate of drug-likeness (QED) is 0.522. The topological polar surface area (TPSA) is 61.2 Å². The molecule has 0 spiro atoms. The highest BCUT2D eigenvalue weighted by atomic mass is 79.9. The maximum atomic E-state index is 12.4. The van der Waals surface area contributed by atoms with Crippen molar-refractivity contribution in [2.75, 3.05) is 0 Å². The lowest BCUT2D eigenvalue weighted by Gasteiger charge is -2.08. The van der Waals surface area contributed by atoms with Crippen LogP contribution >= 0.6 is 15.9 Å². The molecule has 5 nitrogen and oxygen atoms in total. The van der Waals surface area contributed by atoms with E-state index < -0.39 is 5.97 Å². The Morgan fingerprint density at radius 1 is 1.14 bits per heavy atom. The molecule has 1 aromatic heterocycles. The van der Waals surface area contributed by atoms with Crippen LogP contribution in [0.5, 0.6) is 5.75 Å². The summed E-state index contributed by atoms with van der Waals surface area (Å²) in [5.74, 6) is -0.205. The number of nitrogens with zero attached hydrogens (tertiary/aromatic N) is 2. The fourth-order valence-electron chi connectivity index (χ4n) is 2.14. The smallest absolute Gasteiger partial charge is 0.364 e. The van der Waals surface area contributed by atoms with Crippen LogP contribution in [0.25, 0.3) is 10.8 Å². The van der Waals surface area contributed by atoms with Crippen molar-refractivity contribution in [2.24, 2.45) is 7.05 Å². The number of carbonyl (C=O) groups is 1. The van der Waals surface area contributed by atoms with Gasteiger partial charge in [-0.1, -0.05) is 40.2 Å². The highest BCUT2D eigenvalue weighted by Gasteiger charge is 2.17. The van der Waals surface area contributed by atoms with Crippen molar-refractivity contribution in [1.29, 1.82) is 0 Å². The monoisotopic (exact) mass is 358 g/mol. The van der Waals surface area contributed by atoms with Gasteiger partial charge < -0.3 is 4.74 Å². The summed E-state index contributed by atoms with van der Waals surface area (Å²) in [6, 6.07) is 13.8. The number of carbonyl (C=O) groups excluding carboxylic acids is 1. The Labute approximate surface area is 134 Å². The van der Waals surface area contributed by atoms with Crippen molar-refractivity contribution in [1.82, 2.24) is 9.78 Å². The fourth-order valence-corrected chi connectivity index (χ4v) is 2.51. The third-order valence-electron chi connectivity index (χ3n) is 3.16. The predicted molar refractivity (Wildman–Crippen MR) is 86.1 cm³/mol. The summed E-state index contributed by atoms with van der Waals surface area (Å²) in [5, 5.41) is 4.95. The highest BCUT2D eigenvalue weighted by Crippen LogP contribution is 2.20. The minimum Gasteiger partial charge on any atom is -0.422 e. The Morgan fingerprint density at radius 2 is 1.86 bits per heavy atom. The molecule has 6 heteroatoms. The Bertz CT molecular complexity index is 934. The van der Waals surface area contributed by atoms with E-state index in [0.29, 0.717) is 16.5 Å². The number of hydrogen-bond acceptors (Lipinski definition) is 4. The van der Waals surface area contributed by atoms with E-state index in [1.54, 1.807) is 42.5 Å². The molecule has 0 bridgehead atoms. The van der Waals surface area contributed by atoms with Gasteiger partial charge in [0.15, 0.2) is 5.69 Å². The number of benzene rings is 2. The lowest BCUT2D eigenvalue weighted by atomic mass is 10.1. The van der Waals surface area contributed by atoms with Crippen LogP contribution in [0.1, 0.15) is 10.5 Å². The van der Waals surface area contributed by atoms with Crippen LogP contribution in [0.4, 0.5) is 0 Å². The molecule has 0 radical (unpaired) electrons. The maximum absolute atomic E-state index is 12.4. The molecule has 3 aromatic rings. The standard InChI is InChI=1S/C16H11BrN2O3/c1-19-15(20)13-8-3-2-7-12(13)14(18-19)16(21)22-11-6-4-5-10(17)9-11/h2-9H,1H3. The molecule has 110 valence electrons. The fraction of sp³-hybridized carbons (Fsp3) is 0.0625. The van der Waals surface area contributed by atoms with Gasteiger partial charge in [0.1, 0.15) is 5.75 Å². The van der Waals surface area contributed by atoms with E-state index in [0.717, 1.165) is 9.15 Å². The van der Waals surface area contributed by atoms with Crippen molar-refractivity contribution in [3.8, 4) is 5.75 Å². The van der Waals surface area contributed by atoms with Gasteiger partial charge in [-0.05, 0) is 24.3 Å². The molecule has 0 N–H and O–H groups in total. The summed E-state index contributed by atoms with van der Waals surface area (Å²) in [4.78, 5) is 24.4. The van der Waals surface area contributed by atoms with Gasteiger partial charge in [0.05, 0.1) is 5.39 Å². The minimum atomic E-state index is -0.607. The van der Waals surface area contributed by atoms with Gasteiger partial charge in [-0.15, -0.1) is 0 Å². The normalized spacial score (nSPS) is 10.6. The molecule has 0 aliphatic heterocycles. The Kier molecular flexibility index (Phi) is 3.77. The average molecular weight is 359 g/mol. The summed E-state index contributed by atoms with van der Waals surface area (Å²) in [6.45, 7) is 0. The first kappa shape index (κ1) is 14.5. The molecule has 1 heterocycles. The molecule has 0 saturated heterocycles. The molecule has 3 rings (SSSR count). The number of halogens is 1. The van der Waals surface area contributed by atoms with E-state index in [1.165, 1.54) is 7.05 Å². The second-order valence-corrected chi connectivity index (χ2v) is 5.59. The largest absolute Gasteiger partial charge is 0.422 e. The third kappa shape index (κ3) is 2.65.